The predicted molar refractivity (Wildman–Crippen MR) is 160 cm³/mol. The molecule has 8 nitrogen and oxygen atoms in total. The van der Waals surface area contributed by atoms with Crippen molar-refractivity contribution >= 4 is 22.7 Å². The van der Waals surface area contributed by atoms with Crippen molar-refractivity contribution in [1.29, 1.82) is 0 Å². The summed E-state index contributed by atoms with van der Waals surface area (Å²) in [6.07, 6.45) is 2.19. The number of hydrogen-bond donors (Lipinski definition) is 1. The van der Waals surface area contributed by atoms with Gasteiger partial charge in [0, 0.05) is 38.3 Å². The zero-order valence-electron chi connectivity index (χ0n) is 24.9. The van der Waals surface area contributed by atoms with Gasteiger partial charge in [-0.25, -0.2) is 14.8 Å². The summed E-state index contributed by atoms with van der Waals surface area (Å²) in [4.78, 5) is 35.8. The van der Waals surface area contributed by atoms with Crippen LogP contribution in [0.15, 0.2) is 48.7 Å². The van der Waals surface area contributed by atoms with Gasteiger partial charge < -0.3 is 14.7 Å². The third-order valence-corrected chi connectivity index (χ3v) is 7.38. The molecule has 1 aliphatic heterocycles. The van der Waals surface area contributed by atoms with Gasteiger partial charge in [-0.2, -0.15) is 4.73 Å². The Labute approximate surface area is 237 Å². The lowest BCUT2D eigenvalue weighted by molar-refractivity contribution is -0.146. The van der Waals surface area contributed by atoms with Crippen LogP contribution in [0.25, 0.3) is 22.4 Å². The number of aromatic nitrogens is 4. The van der Waals surface area contributed by atoms with Crippen LogP contribution in [0.1, 0.15) is 65.0 Å². The highest BCUT2D eigenvalue weighted by molar-refractivity contribution is 5.91. The zero-order valence-corrected chi connectivity index (χ0v) is 24.9. The normalized spacial score (nSPS) is 15.1. The second-order valence-electron chi connectivity index (χ2n) is 13.2. The smallest absolute Gasteiger partial charge is 0.333 e. The second kappa shape index (κ2) is 10.7. The summed E-state index contributed by atoms with van der Waals surface area (Å²) in [7, 11) is 0. The summed E-state index contributed by atoms with van der Waals surface area (Å²) >= 11 is 0. The number of piperazine rings is 1. The molecular formula is C32H42N6O2. The molecule has 1 fully saturated rings. The van der Waals surface area contributed by atoms with Gasteiger partial charge >= 0.3 is 5.97 Å². The monoisotopic (exact) mass is 542 g/mol. The molecule has 1 N–H and O–H groups in total. The van der Waals surface area contributed by atoms with Crippen LogP contribution in [-0.4, -0.2) is 56.7 Å². The van der Waals surface area contributed by atoms with Crippen LogP contribution in [0.2, 0.25) is 0 Å². The number of benzene rings is 2. The molecule has 0 spiro atoms. The molecule has 1 aliphatic rings. The highest BCUT2D eigenvalue weighted by Crippen LogP contribution is 2.30. The number of anilines is 1. The minimum absolute atomic E-state index is 0.117. The van der Waals surface area contributed by atoms with E-state index in [1.165, 1.54) is 10.3 Å². The number of carbonyl (C=O) groups excluding carboxylic acids is 1. The summed E-state index contributed by atoms with van der Waals surface area (Å²) in [5.41, 5.74) is 6.55. The van der Waals surface area contributed by atoms with Gasteiger partial charge in [-0.05, 0) is 35.4 Å². The first-order valence-corrected chi connectivity index (χ1v) is 14.2. The van der Waals surface area contributed by atoms with Crippen molar-refractivity contribution in [1.82, 2.24) is 24.6 Å². The van der Waals surface area contributed by atoms with Gasteiger partial charge in [-0.15, -0.1) is 0 Å². The maximum Gasteiger partial charge on any atom is 0.333 e. The van der Waals surface area contributed by atoms with E-state index in [0.29, 0.717) is 12.2 Å². The standard InChI is InChI=1S/C32H42N6O2/c1-22-33-25(21-38(22)40-28(39)19-31(2,3)4)20-36-15-17-37(18-16-36)27-10-8-9-26-29(27)35-30(34-26)23-11-13-24(14-12-23)32(5,6)7/h8-14,21H,15-20H2,1-7H3,(H,34,35). The molecule has 0 unspecified atom stereocenters. The van der Waals surface area contributed by atoms with E-state index in [1.807, 2.05) is 33.9 Å². The van der Waals surface area contributed by atoms with E-state index >= 15 is 0 Å². The molecule has 8 heteroatoms. The fourth-order valence-electron chi connectivity index (χ4n) is 5.17. The van der Waals surface area contributed by atoms with Crippen LogP contribution < -0.4 is 9.74 Å². The molecule has 212 valence electrons. The Hall–Kier alpha value is -3.65. The molecule has 40 heavy (non-hydrogen) atoms. The van der Waals surface area contributed by atoms with Gasteiger partial charge in [0.05, 0.1) is 29.5 Å². The first kappa shape index (κ1) is 27.9. The van der Waals surface area contributed by atoms with E-state index in [9.17, 15) is 4.79 Å². The van der Waals surface area contributed by atoms with Crippen molar-refractivity contribution < 1.29 is 9.63 Å². The maximum atomic E-state index is 12.3. The molecule has 0 bridgehead atoms. The Kier molecular flexibility index (Phi) is 7.48. The number of hydrogen-bond acceptors (Lipinski definition) is 6. The number of para-hydroxylation sites is 1. The number of nitrogens with one attached hydrogen (secondary N) is 1. The van der Waals surface area contributed by atoms with Gasteiger partial charge in [0.25, 0.3) is 0 Å². The van der Waals surface area contributed by atoms with Crippen molar-refractivity contribution in [3.8, 4) is 11.4 Å². The lowest BCUT2D eigenvalue weighted by Crippen LogP contribution is -2.46. The van der Waals surface area contributed by atoms with E-state index in [1.54, 1.807) is 0 Å². The van der Waals surface area contributed by atoms with Gasteiger partial charge in [0.15, 0.2) is 0 Å². The molecule has 1 saturated heterocycles. The highest BCUT2D eigenvalue weighted by atomic mass is 16.7. The van der Waals surface area contributed by atoms with Crippen LogP contribution in [-0.2, 0) is 16.8 Å². The molecule has 0 amide bonds. The number of aryl methyl sites for hydroxylation is 1. The van der Waals surface area contributed by atoms with Crippen molar-refractivity contribution in [2.24, 2.45) is 5.41 Å². The second-order valence-corrected chi connectivity index (χ2v) is 13.2. The number of rotatable bonds is 6. The SMILES string of the molecule is Cc1nc(CN2CCN(c3cccc4[nH]c(-c5ccc(C(C)(C)C)cc5)nc34)CC2)cn1OC(=O)CC(C)(C)C. The molecule has 0 radical (unpaired) electrons. The molecule has 4 aromatic rings. The fourth-order valence-corrected chi connectivity index (χ4v) is 5.17. The van der Waals surface area contributed by atoms with Crippen LogP contribution in [0.3, 0.4) is 0 Å². The molecule has 0 saturated carbocycles. The third-order valence-electron chi connectivity index (χ3n) is 7.38. The number of aromatic amines is 1. The Morgan fingerprint density at radius 1 is 0.950 bits per heavy atom. The number of carbonyl (C=O) groups is 1. The Bertz CT molecular complexity index is 1480. The minimum Gasteiger partial charge on any atom is -0.367 e. The molecule has 2 aromatic heterocycles. The van der Waals surface area contributed by atoms with Crippen molar-refractivity contribution in [2.45, 2.75) is 66.8 Å². The molecule has 0 aliphatic carbocycles. The predicted octanol–water partition coefficient (Wildman–Crippen LogP) is 5.75. The largest absolute Gasteiger partial charge is 0.367 e. The summed E-state index contributed by atoms with van der Waals surface area (Å²) in [6.45, 7) is 19.0. The zero-order chi connectivity index (χ0) is 28.7. The number of imidazole rings is 2. The van der Waals surface area contributed by atoms with Crippen molar-refractivity contribution in [3.63, 3.8) is 0 Å². The van der Waals surface area contributed by atoms with Crippen LogP contribution in [0.5, 0.6) is 0 Å². The van der Waals surface area contributed by atoms with E-state index in [4.69, 9.17) is 9.82 Å². The van der Waals surface area contributed by atoms with E-state index in [0.717, 1.165) is 66.5 Å². The van der Waals surface area contributed by atoms with Crippen LogP contribution in [0, 0.1) is 12.3 Å². The summed E-state index contributed by atoms with van der Waals surface area (Å²) < 4.78 is 1.51. The van der Waals surface area contributed by atoms with Gasteiger partial charge in [-0.3, -0.25) is 4.90 Å². The Morgan fingerprint density at radius 3 is 2.30 bits per heavy atom. The average Bonchev–Trinajstić information content (AvgIpc) is 3.46. The van der Waals surface area contributed by atoms with Crippen molar-refractivity contribution in [3.05, 3.63) is 65.7 Å². The highest BCUT2D eigenvalue weighted by Gasteiger charge is 2.23. The van der Waals surface area contributed by atoms with Crippen LogP contribution >= 0.6 is 0 Å². The summed E-state index contributed by atoms with van der Waals surface area (Å²) in [6, 6.07) is 15.1. The molecule has 0 atom stereocenters. The third kappa shape index (κ3) is 6.39. The first-order chi connectivity index (χ1) is 18.9. The average molecular weight is 543 g/mol. The number of fused-ring (bicyclic) bond motifs is 1. The van der Waals surface area contributed by atoms with E-state index in [-0.39, 0.29) is 16.8 Å². The first-order valence-electron chi connectivity index (χ1n) is 14.2. The fraction of sp³-hybridized carbons (Fsp3) is 0.469. The minimum atomic E-state index is -0.245. The molecule has 2 aromatic carbocycles. The van der Waals surface area contributed by atoms with Crippen molar-refractivity contribution in [2.75, 3.05) is 31.1 Å². The number of H-pyrrole nitrogens is 1. The van der Waals surface area contributed by atoms with Gasteiger partial charge in [0.2, 0.25) is 0 Å². The van der Waals surface area contributed by atoms with Gasteiger partial charge in [0.1, 0.15) is 17.2 Å². The molecular weight excluding hydrogens is 500 g/mol. The van der Waals surface area contributed by atoms with Crippen LogP contribution in [0.4, 0.5) is 5.69 Å². The summed E-state index contributed by atoms with van der Waals surface area (Å²) in [5, 5.41) is 0. The number of nitrogens with zero attached hydrogens (tertiary/aromatic N) is 5. The topological polar surface area (TPSA) is 79.3 Å². The molecule has 3 heterocycles. The van der Waals surface area contributed by atoms with E-state index < -0.39 is 0 Å². The van der Waals surface area contributed by atoms with E-state index in [2.05, 4.69) is 83.0 Å². The quantitative estimate of drug-likeness (QED) is 0.334. The maximum absolute atomic E-state index is 12.3. The lowest BCUT2D eigenvalue weighted by Gasteiger charge is -2.35. The Morgan fingerprint density at radius 2 is 1.65 bits per heavy atom. The molecule has 5 rings (SSSR count). The summed E-state index contributed by atoms with van der Waals surface area (Å²) in [5.74, 6) is 1.34. The van der Waals surface area contributed by atoms with Gasteiger partial charge in [-0.1, -0.05) is 71.9 Å². The Balaban J connectivity index is 1.23. The lowest BCUT2D eigenvalue weighted by atomic mass is 9.87.